The number of hydrogen-bond donors (Lipinski definition) is 2. The third-order valence-electron chi connectivity index (χ3n) is 2.80. The summed E-state index contributed by atoms with van der Waals surface area (Å²) in [5.41, 5.74) is 5.93. The molecule has 0 fully saturated rings. The molecule has 0 spiro atoms. The lowest BCUT2D eigenvalue weighted by atomic mass is 10.2. The van der Waals surface area contributed by atoms with E-state index < -0.39 is 10.0 Å². The zero-order valence-electron chi connectivity index (χ0n) is 12.0. The number of hydrogen-bond acceptors (Lipinski definition) is 4. The van der Waals surface area contributed by atoms with Gasteiger partial charge in [0.05, 0.1) is 11.6 Å². The summed E-state index contributed by atoms with van der Waals surface area (Å²) in [5.74, 6) is 5.51. The fourth-order valence-corrected chi connectivity index (χ4v) is 3.49. The van der Waals surface area contributed by atoms with Crippen LogP contribution in [0.5, 0.6) is 0 Å². The fourth-order valence-electron chi connectivity index (χ4n) is 1.54. The van der Waals surface area contributed by atoms with Crippen molar-refractivity contribution in [1.29, 1.82) is 0 Å². The van der Waals surface area contributed by atoms with Gasteiger partial charge in [-0.25, -0.2) is 13.1 Å². The maximum Gasteiger partial charge on any atom is 0.242 e. The minimum atomic E-state index is -3.60. The largest absolute Gasteiger partial charge is 0.320 e. The Hall–Kier alpha value is -0.710. The Bertz CT molecular complexity index is 636. The van der Waals surface area contributed by atoms with Gasteiger partial charge in [-0.15, -0.1) is 0 Å². The quantitative estimate of drug-likeness (QED) is 0.773. The molecule has 1 rings (SSSR count). The number of sulfonamides is 1. The number of nitrogens with one attached hydrogen (secondary N) is 1. The molecule has 1 aromatic carbocycles. The van der Waals surface area contributed by atoms with Crippen LogP contribution in [0.2, 0.25) is 5.02 Å². The molecule has 116 valence electrons. The number of thioether (sulfide) groups is 1. The third kappa shape index (κ3) is 5.89. The van der Waals surface area contributed by atoms with Gasteiger partial charge in [0.15, 0.2) is 0 Å². The summed E-state index contributed by atoms with van der Waals surface area (Å²) in [6.45, 7) is 2.68. The minimum absolute atomic E-state index is 0.0688. The van der Waals surface area contributed by atoms with Gasteiger partial charge in [-0.05, 0) is 30.9 Å². The summed E-state index contributed by atoms with van der Waals surface area (Å²) in [6.07, 6.45) is 2.76. The highest BCUT2D eigenvalue weighted by molar-refractivity contribution is 7.99. The van der Waals surface area contributed by atoms with Crippen LogP contribution in [0.4, 0.5) is 0 Å². The fraction of sp³-hybridized carbons (Fsp3) is 0.429. The van der Waals surface area contributed by atoms with Gasteiger partial charge in [0.1, 0.15) is 4.90 Å². The molecule has 4 nitrogen and oxygen atoms in total. The van der Waals surface area contributed by atoms with Crippen LogP contribution in [0, 0.1) is 11.8 Å². The Morgan fingerprint density at radius 2 is 2.19 bits per heavy atom. The first-order valence-electron chi connectivity index (χ1n) is 6.41. The standard InChI is InChI=1S/C14H19ClN2O2S2/c1-11(20-2)7-9-17-21(18,19)14-6-5-12(4-3-8-16)10-13(14)15/h5-6,10-11,17H,7-9,16H2,1-2H3. The second kappa shape index (κ2) is 8.66. The van der Waals surface area contributed by atoms with Crippen LogP contribution in [-0.4, -0.2) is 33.0 Å². The number of nitrogens with two attached hydrogens (primary N) is 1. The van der Waals surface area contributed by atoms with Crippen molar-refractivity contribution in [2.45, 2.75) is 23.5 Å². The summed E-state index contributed by atoms with van der Waals surface area (Å²) < 4.78 is 26.9. The SMILES string of the molecule is CSC(C)CCNS(=O)(=O)c1ccc(C#CCN)cc1Cl. The molecule has 0 aromatic heterocycles. The monoisotopic (exact) mass is 346 g/mol. The highest BCUT2D eigenvalue weighted by Gasteiger charge is 2.17. The zero-order chi connectivity index (χ0) is 15.9. The van der Waals surface area contributed by atoms with Gasteiger partial charge in [0.25, 0.3) is 0 Å². The molecule has 0 radical (unpaired) electrons. The second-order valence-electron chi connectivity index (χ2n) is 4.38. The van der Waals surface area contributed by atoms with Gasteiger partial charge in [-0.2, -0.15) is 11.8 Å². The molecule has 0 aliphatic heterocycles. The van der Waals surface area contributed by atoms with Gasteiger partial charge in [-0.3, -0.25) is 0 Å². The van der Waals surface area contributed by atoms with E-state index in [0.717, 1.165) is 6.42 Å². The second-order valence-corrected chi connectivity index (χ2v) is 7.80. The summed E-state index contributed by atoms with van der Waals surface area (Å²) in [7, 11) is -3.60. The predicted molar refractivity (Wildman–Crippen MR) is 90.2 cm³/mol. The van der Waals surface area contributed by atoms with Gasteiger partial charge >= 0.3 is 0 Å². The average molecular weight is 347 g/mol. The van der Waals surface area contributed by atoms with Crippen molar-refractivity contribution in [2.75, 3.05) is 19.3 Å². The Labute approximate surface area is 135 Å². The molecule has 0 bridgehead atoms. The lowest BCUT2D eigenvalue weighted by molar-refractivity contribution is 0.579. The van der Waals surface area contributed by atoms with Crippen molar-refractivity contribution in [3.05, 3.63) is 28.8 Å². The molecule has 0 amide bonds. The molecule has 0 aliphatic carbocycles. The zero-order valence-corrected chi connectivity index (χ0v) is 14.4. The smallest absolute Gasteiger partial charge is 0.242 e. The van der Waals surface area contributed by atoms with Crippen LogP contribution in [0.15, 0.2) is 23.1 Å². The Balaban J connectivity index is 2.84. The van der Waals surface area contributed by atoms with Crippen LogP contribution < -0.4 is 10.5 Å². The van der Waals surface area contributed by atoms with E-state index in [1.807, 2.05) is 6.26 Å². The molecule has 21 heavy (non-hydrogen) atoms. The van der Waals surface area contributed by atoms with E-state index in [-0.39, 0.29) is 16.5 Å². The highest BCUT2D eigenvalue weighted by Crippen LogP contribution is 2.22. The molecule has 1 aromatic rings. The van der Waals surface area contributed by atoms with E-state index in [1.165, 1.54) is 12.1 Å². The maximum atomic E-state index is 12.2. The van der Waals surface area contributed by atoms with E-state index in [1.54, 1.807) is 17.8 Å². The van der Waals surface area contributed by atoms with Crippen molar-refractivity contribution in [2.24, 2.45) is 5.73 Å². The summed E-state index contributed by atoms with van der Waals surface area (Å²) in [6, 6.07) is 4.61. The van der Waals surface area contributed by atoms with Gasteiger partial charge < -0.3 is 5.73 Å². The highest BCUT2D eigenvalue weighted by atomic mass is 35.5. The van der Waals surface area contributed by atoms with Crippen molar-refractivity contribution in [3.63, 3.8) is 0 Å². The summed E-state index contributed by atoms with van der Waals surface area (Å²) in [5, 5.41) is 0.557. The van der Waals surface area contributed by atoms with Gasteiger partial charge in [-0.1, -0.05) is 30.4 Å². The number of rotatable bonds is 6. The molecule has 1 atom stereocenters. The number of benzene rings is 1. The van der Waals surface area contributed by atoms with E-state index in [4.69, 9.17) is 17.3 Å². The Morgan fingerprint density at radius 1 is 1.48 bits per heavy atom. The molecule has 0 saturated heterocycles. The molecular formula is C14H19ClN2O2S2. The van der Waals surface area contributed by atoms with Gasteiger partial charge in [0, 0.05) is 17.4 Å². The van der Waals surface area contributed by atoms with Crippen molar-refractivity contribution >= 4 is 33.4 Å². The van der Waals surface area contributed by atoms with Crippen LogP contribution in [0.3, 0.4) is 0 Å². The molecule has 1 unspecified atom stereocenters. The summed E-state index contributed by atoms with van der Waals surface area (Å²) in [4.78, 5) is 0.0688. The van der Waals surface area contributed by atoms with Crippen LogP contribution in [0.25, 0.3) is 0 Å². The Morgan fingerprint density at radius 3 is 2.76 bits per heavy atom. The first-order valence-corrected chi connectivity index (χ1v) is 9.56. The average Bonchev–Trinajstić information content (AvgIpc) is 2.44. The topological polar surface area (TPSA) is 72.2 Å². The first-order chi connectivity index (χ1) is 9.90. The lowest BCUT2D eigenvalue weighted by Crippen LogP contribution is -2.26. The van der Waals surface area contributed by atoms with Gasteiger partial charge in [0.2, 0.25) is 10.0 Å². The summed E-state index contributed by atoms with van der Waals surface area (Å²) >= 11 is 7.74. The van der Waals surface area contributed by atoms with Crippen molar-refractivity contribution < 1.29 is 8.42 Å². The van der Waals surface area contributed by atoms with Crippen molar-refractivity contribution in [3.8, 4) is 11.8 Å². The lowest BCUT2D eigenvalue weighted by Gasteiger charge is -2.11. The molecule has 0 heterocycles. The van der Waals surface area contributed by atoms with Crippen molar-refractivity contribution in [1.82, 2.24) is 4.72 Å². The molecule has 3 N–H and O–H groups in total. The van der Waals surface area contributed by atoms with E-state index >= 15 is 0 Å². The van der Waals surface area contributed by atoms with E-state index in [9.17, 15) is 8.42 Å². The maximum absolute atomic E-state index is 12.2. The predicted octanol–water partition coefficient (Wildman–Crippen LogP) is 2.07. The minimum Gasteiger partial charge on any atom is -0.320 e. The third-order valence-corrected chi connectivity index (χ3v) is 5.79. The van der Waals surface area contributed by atoms with Crippen LogP contribution in [0.1, 0.15) is 18.9 Å². The first kappa shape index (κ1) is 18.3. The molecule has 0 aliphatic rings. The molecular weight excluding hydrogens is 328 g/mol. The van der Waals surface area contributed by atoms with E-state index in [0.29, 0.717) is 17.4 Å². The normalized spacial score (nSPS) is 12.6. The van der Waals surface area contributed by atoms with E-state index in [2.05, 4.69) is 23.5 Å². The molecule has 0 saturated carbocycles. The number of halogens is 1. The van der Waals surface area contributed by atoms with Crippen LogP contribution >= 0.6 is 23.4 Å². The Kier molecular flexibility index (Phi) is 7.57. The molecule has 7 heteroatoms. The van der Waals surface area contributed by atoms with Crippen LogP contribution in [-0.2, 0) is 10.0 Å².